The average Bonchev–Trinajstić information content (AvgIpc) is 2.66. The lowest BCUT2D eigenvalue weighted by atomic mass is 9.94. The highest BCUT2D eigenvalue weighted by atomic mass is 35.5. The molecule has 1 aliphatic heterocycles. The Morgan fingerprint density at radius 1 is 1.34 bits per heavy atom. The van der Waals surface area contributed by atoms with Crippen molar-refractivity contribution >= 4 is 17.5 Å². The van der Waals surface area contributed by atoms with Gasteiger partial charge in [0.25, 0.3) is 5.91 Å². The number of nitrogens with zero attached hydrogens (tertiary/aromatic N) is 1. The van der Waals surface area contributed by atoms with E-state index in [1.807, 2.05) is 6.92 Å². The molecule has 6 nitrogen and oxygen atoms in total. The molecule has 0 aliphatic carbocycles. The first-order chi connectivity index (χ1) is 13.7. The molecule has 2 rings (SSSR count). The molecule has 0 aromatic heterocycles. The molecule has 0 bridgehead atoms. The van der Waals surface area contributed by atoms with E-state index in [0.29, 0.717) is 28.4 Å². The lowest BCUT2D eigenvalue weighted by molar-refractivity contribution is 0.0418. The van der Waals surface area contributed by atoms with E-state index in [9.17, 15) is 9.90 Å². The molecule has 1 saturated heterocycles. The van der Waals surface area contributed by atoms with Crippen molar-refractivity contribution in [3.05, 3.63) is 28.8 Å². The summed E-state index contributed by atoms with van der Waals surface area (Å²) in [6.45, 7) is 12.6. The SMILES string of the molecule is CCOC[C@@H](O)CNC(=O)c1ccc(OC2CCN(CC(C)(C)C)CC2)c(Cl)c1. The highest BCUT2D eigenvalue weighted by molar-refractivity contribution is 6.32. The van der Waals surface area contributed by atoms with Gasteiger partial charge in [0.2, 0.25) is 0 Å². The fourth-order valence-corrected chi connectivity index (χ4v) is 3.62. The number of rotatable bonds is 9. The van der Waals surface area contributed by atoms with Gasteiger partial charge in [-0.2, -0.15) is 0 Å². The number of piperidine rings is 1. The predicted octanol–water partition coefficient (Wildman–Crippen LogP) is 3.36. The lowest BCUT2D eigenvalue weighted by Crippen LogP contribution is -2.42. The molecule has 0 unspecified atom stereocenters. The van der Waals surface area contributed by atoms with Crippen molar-refractivity contribution in [3.63, 3.8) is 0 Å². The topological polar surface area (TPSA) is 71.0 Å². The number of hydrogen-bond acceptors (Lipinski definition) is 5. The molecular weight excluding hydrogens is 392 g/mol. The van der Waals surface area contributed by atoms with Gasteiger partial charge in [-0.05, 0) is 43.4 Å². The maximum Gasteiger partial charge on any atom is 0.251 e. The number of aliphatic hydroxyl groups excluding tert-OH is 1. The summed E-state index contributed by atoms with van der Waals surface area (Å²) in [4.78, 5) is 14.7. The molecule has 1 amide bonds. The minimum Gasteiger partial charge on any atom is -0.489 e. The third-order valence-electron chi connectivity index (χ3n) is 4.73. The van der Waals surface area contributed by atoms with Crippen LogP contribution < -0.4 is 10.1 Å². The summed E-state index contributed by atoms with van der Waals surface area (Å²) in [6, 6.07) is 5.05. The van der Waals surface area contributed by atoms with Crippen LogP contribution in [0.5, 0.6) is 5.75 Å². The van der Waals surface area contributed by atoms with Crippen LogP contribution in [0, 0.1) is 5.41 Å². The van der Waals surface area contributed by atoms with E-state index in [-0.39, 0.29) is 25.2 Å². The number of aliphatic hydroxyl groups is 1. The molecule has 29 heavy (non-hydrogen) atoms. The molecule has 1 aromatic rings. The molecule has 0 spiro atoms. The number of carbonyl (C=O) groups is 1. The van der Waals surface area contributed by atoms with Crippen LogP contribution >= 0.6 is 11.6 Å². The molecule has 0 radical (unpaired) electrons. The molecule has 2 N–H and O–H groups in total. The number of halogens is 1. The van der Waals surface area contributed by atoms with Crippen LogP contribution in [0.15, 0.2) is 18.2 Å². The Morgan fingerprint density at radius 3 is 2.62 bits per heavy atom. The first kappa shape index (κ1) is 23.9. The number of carbonyl (C=O) groups excluding carboxylic acids is 1. The zero-order chi connectivity index (χ0) is 21.4. The number of likely N-dealkylation sites (tertiary alicyclic amines) is 1. The minimum absolute atomic E-state index is 0.127. The number of benzene rings is 1. The van der Waals surface area contributed by atoms with Gasteiger partial charge in [-0.25, -0.2) is 0 Å². The smallest absolute Gasteiger partial charge is 0.251 e. The Morgan fingerprint density at radius 2 is 2.03 bits per heavy atom. The van der Waals surface area contributed by atoms with Crippen LogP contribution in [0.4, 0.5) is 0 Å². The highest BCUT2D eigenvalue weighted by Gasteiger charge is 2.24. The molecule has 1 fully saturated rings. The summed E-state index contributed by atoms with van der Waals surface area (Å²) in [5.74, 6) is 0.318. The largest absolute Gasteiger partial charge is 0.489 e. The Bertz CT molecular complexity index is 655. The first-order valence-corrected chi connectivity index (χ1v) is 10.8. The number of ether oxygens (including phenoxy) is 2. The van der Waals surface area contributed by atoms with Crippen molar-refractivity contribution < 1.29 is 19.4 Å². The second kappa shape index (κ2) is 11.2. The minimum atomic E-state index is -0.735. The van der Waals surface area contributed by atoms with Gasteiger partial charge < -0.3 is 24.8 Å². The molecule has 0 saturated carbocycles. The molecule has 1 atom stereocenters. The number of amides is 1. The molecule has 164 valence electrons. The Balaban J connectivity index is 1.83. The zero-order valence-electron chi connectivity index (χ0n) is 18.0. The standard InChI is InChI=1S/C22H35ClN2O4/c1-5-28-14-17(26)13-24-21(27)16-6-7-20(19(23)12-16)29-18-8-10-25(11-9-18)15-22(2,3)4/h6-7,12,17-18,26H,5,8-11,13-15H2,1-4H3,(H,24,27)/t17-/m0/s1. The molecule has 1 aliphatic rings. The van der Waals surface area contributed by atoms with E-state index in [4.69, 9.17) is 21.1 Å². The maximum atomic E-state index is 12.3. The van der Waals surface area contributed by atoms with Gasteiger partial charge in [0.05, 0.1) is 17.7 Å². The van der Waals surface area contributed by atoms with Gasteiger partial charge in [-0.1, -0.05) is 32.4 Å². The second-order valence-corrected chi connectivity index (χ2v) is 9.23. The fraction of sp³-hybridized carbons (Fsp3) is 0.682. The lowest BCUT2D eigenvalue weighted by Gasteiger charge is -2.36. The van der Waals surface area contributed by atoms with E-state index in [1.54, 1.807) is 18.2 Å². The van der Waals surface area contributed by atoms with Crippen LogP contribution in [0.25, 0.3) is 0 Å². The summed E-state index contributed by atoms with van der Waals surface area (Å²) >= 11 is 6.35. The van der Waals surface area contributed by atoms with Crippen LogP contribution in [0.1, 0.15) is 50.9 Å². The van der Waals surface area contributed by atoms with Crippen molar-refractivity contribution in [1.82, 2.24) is 10.2 Å². The van der Waals surface area contributed by atoms with Gasteiger partial charge in [-0.3, -0.25) is 4.79 Å². The first-order valence-electron chi connectivity index (χ1n) is 10.4. The van der Waals surface area contributed by atoms with Crippen molar-refractivity contribution in [3.8, 4) is 5.75 Å². The zero-order valence-corrected chi connectivity index (χ0v) is 18.8. The Labute approximate surface area is 179 Å². The fourth-order valence-electron chi connectivity index (χ4n) is 3.40. The van der Waals surface area contributed by atoms with Crippen molar-refractivity contribution in [2.45, 2.75) is 52.7 Å². The summed E-state index contributed by atoms with van der Waals surface area (Å²) in [5.41, 5.74) is 0.734. The summed E-state index contributed by atoms with van der Waals surface area (Å²) < 4.78 is 11.2. The summed E-state index contributed by atoms with van der Waals surface area (Å²) in [6.07, 6.45) is 1.33. The van der Waals surface area contributed by atoms with E-state index >= 15 is 0 Å². The van der Waals surface area contributed by atoms with Crippen LogP contribution in [0.2, 0.25) is 5.02 Å². The molecule has 1 aromatic carbocycles. The van der Waals surface area contributed by atoms with Crippen molar-refractivity contribution in [2.24, 2.45) is 5.41 Å². The third-order valence-corrected chi connectivity index (χ3v) is 5.03. The van der Waals surface area contributed by atoms with E-state index in [2.05, 4.69) is 31.0 Å². The van der Waals surface area contributed by atoms with Gasteiger partial charge in [0.1, 0.15) is 11.9 Å². The Kier molecular flexibility index (Phi) is 9.21. The molecule has 7 heteroatoms. The van der Waals surface area contributed by atoms with Gasteiger partial charge >= 0.3 is 0 Å². The predicted molar refractivity (Wildman–Crippen MR) is 116 cm³/mol. The molecule has 1 heterocycles. The van der Waals surface area contributed by atoms with Crippen LogP contribution in [0.3, 0.4) is 0 Å². The normalized spacial score (nSPS) is 17.2. The van der Waals surface area contributed by atoms with Crippen LogP contribution in [-0.2, 0) is 4.74 Å². The van der Waals surface area contributed by atoms with Gasteiger partial charge in [0.15, 0.2) is 0 Å². The van der Waals surface area contributed by atoms with Gasteiger partial charge in [0, 0.05) is 38.3 Å². The Hall–Kier alpha value is -1.34. The number of hydrogen-bond donors (Lipinski definition) is 2. The quantitative estimate of drug-likeness (QED) is 0.633. The summed E-state index contributed by atoms with van der Waals surface area (Å²) in [7, 11) is 0. The number of nitrogens with one attached hydrogen (secondary N) is 1. The maximum absolute atomic E-state index is 12.3. The molecular formula is C22H35ClN2O4. The van der Waals surface area contributed by atoms with Crippen LogP contribution in [-0.4, -0.2) is 67.5 Å². The average molecular weight is 427 g/mol. The second-order valence-electron chi connectivity index (χ2n) is 8.82. The van der Waals surface area contributed by atoms with E-state index in [0.717, 1.165) is 32.5 Å². The van der Waals surface area contributed by atoms with Crippen molar-refractivity contribution in [2.75, 3.05) is 39.4 Å². The van der Waals surface area contributed by atoms with Gasteiger partial charge in [-0.15, -0.1) is 0 Å². The van der Waals surface area contributed by atoms with E-state index < -0.39 is 6.10 Å². The third kappa shape index (κ3) is 8.51. The van der Waals surface area contributed by atoms with E-state index in [1.165, 1.54) is 0 Å². The summed E-state index contributed by atoms with van der Waals surface area (Å²) in [5, 5.41) is 12.9. The monoisotopic (exact) mass is 426 g/mol. The highest BCUT2D eigenvalue weighted by Crippen LogP contribution is 2.29. The van der Waals surface area contributed by atoms with Crippen molar-refractivity contribution in [1.29, 1.82) is 0 Å².